The zero-order valence-electron chi connectivity index (χ0n) is 8.93. The molecule has 5 heteroatoms. The molecule has 0 aliphatic rings. The van der Waals surface area contributed by atoms with Crippen LogP contribution in [0.25, 0.3) is 11.1 Å². The molecule has 1 N–H and O–H groups in total. The average Bonchev–Trinajstić information content (AvgIpc) is 2.57. The Morgan fingerprint density at radius 2 is 2.31 bits per heavy atom. The number of carbonyl (C=O) groups is 1. The highest BCUT2D eigenvalue weighted by molar-refractivity contribution is 8.00. The number of carboxylic acids is 1. The topological polar surface area (TPSA) is 63.3 Å². The minimum atomic E-state index is -0.821. The third-order valence-corrected chi connectivity index (χ3v) is 3.21. The van der Waals surface area contributed by atoms with Gasteiger partial charge in [0, 0.05) is 11.8 Å². The first kappa shape index (κ1) is 11.0. The number of rotatable bonds is 3. The Bertz CT molecular complexity index is 535. The molecule has 0 saturated carbocycles. The normalized spacial score (nSPS) is 12.9. The second-order valence-corrected chi connectivity index (χ2v) is 4.87. The molecule has 0 bridgehead atoms. The van der Waals surface area contributed by atoms with E-state index in [4.69, 9.17) is 9.52 Å². The Balaban J connectivity index is 2.28. The van der Waals surface area contributed by atoms with Crippen LogP contribution in [0.3, 0.4) is 0 Å². The predicted molar refractivity (Wildman–Crippen MR) is 61.7 cm³/mol. The molecule has 0 radical (unpaired) electrons. The number of fused-ring (bicyclic) bond motifs is 1. The number of aliphatic carboxylic acids is 1. The van der Waals surface area contributed by atoms with Gasteiger partial charge >= 0.3 is 5.97 Å². The SMILES string of the molecule is Cc1nc2ccc(SC(C)C(=O)O)cc2o1. The van der Waals surface area contributed by atoms with Gasteiger partial charge in [-0.2, -0.15) is 0 Å². The van der Waals surface area contributed by atoms with Gasteiger partial charge in [0.2, 0.25) is 0 Å². The highest BCUT2D eigenvalue weighted by Crippen LogP contribution is 2.27. The van der Waals surface area contributed by atoms with E-state index in [9.17, 15) is 4.79 Å². The van der Waals surface area contributed by atoms with E-state index in [2.05, 4.69) is 4.98 Å². The van der Waals surface area contributed by atoms with Crippen molar-refractivity contribution in [2.24, 2.45) is 0 Å². The molecule has 0 saturated heterocycles. The summed E-state index contributed by atoms with van der Waals surface area (Å²) in [5.41, 5.74) is 1.49. The van der Waals surface area contributed by atoms with Gasteiger partial charge in [-0.25, -0.2) is 4.98 Å². The lowest BCUT2D eigenvalue weighted by atomic mass is 10.3. The number of carboxylic acid groups (broad SMARTS) is 1. The summed E-state index contributed by atoms with van der Waals surface area (Å²) < 4.78 is 5.38. The highest BCUT2D eigenvalue weighted by Gasteiger charge is 2.13. The summed E-state index contributed by atoms with van der Waals surface area (Å²) in [5, 5.41) is 8.33. The molecule has 1 aromatic carbocycles. The second kappa shape index (κ2) is 4.17. The predicted octanol–water partition coefficient (Wildman–Crippen LogP) is 2.70. The maximum atomic E-state index is 10.7. The zero-order chi connectivity index (χ0) is 11.7. The first-order valence-electron chi connectivity index (χ1n) is 4.83. The summed E-state index contributed by atoms with van der Waals surface area (Å²) in [6, 6.07) is 5.51. The molecule has 2 rings (SSSR count). The lowest BCUT2D eigenvalue weighted by Gasteiger charge is -2.04. The van der Waals surface area contributed by atoms with Crippen molar-refractivity contribution in [3.63, 3.8) is 0 Å². The summed E-state index contributed by atoms with van der Waals surface area (Å²) in [5.74, 6) is -0.206. The smallest absolute Gasteiger partial charge is 0.316 e. The minimum Gasteiger partial charge on any atom is -0.480 e. The first-order chi connectivity index (χ1) is 7.56. The molecule has 0 fully saturated rings. The van der Waals surface area contributed by atoms with Crippen LogP contribution >= 0.6 is 11.8 Å². The number of nitrogens with zero attached hydrogens (tertiary/aromatic N) is 1. The number of benzene rings is 1. The van der Waals surface area contributed by atoms with Crippen molar-refractivity contribution in [2.45, 2.75) is 24.0 Å². The van der Waals surface area contributed by atoms with E-state index in [1.54, 1.807) is 13.8 Å². The van der Waals surface area contributed by atoms with Crippen LogP contribution in [0.15, 0.2) is 27.5 Å². The van der Waals surface area contributed by atoms with E-state index in [0.717, 1.165) is 10.4 Å². The third kappa shape index (κ3) is 2.19. The molecular formula is C11H11NO3S. The van der Waals surface area contributed by atoms with Crippen molar-refractivity contribution in [1.82, 2.24) is 4.98 Å². The molecule has 16 heavy (non-hydrogen) atoms. The van der Waals surface area contributed by atoms with Gasteiger partial charge in [0.1, 0.15) is 10.8 Å². The summed E-state index contributed by atoms with van der Waals surface area (Å²) >= 11 is 1.29. The Morgan fingerprint density at radius 1 is 1.56 bits per heavy atom. The van der Waals surface area contributed by atoms with Crippen molar-refractivity contribution < 1.29 is 14.3 Å². The number of aromatic nitrogens is 1. The summed E-state index contributed by atoms with van der Waals surface area (Å²) in [4.78, 5) is 15.8. The van der Waals surface area contributed by atoms with Gasteiger partial charge in [-0.3, -0.25) is 4.79 Å². The van der Waals surface area contributed by atoms with E-state index >= 15 is 0 Å². The molecule has 1 atom stereocenters. The first-order valence-corrected chi connectivity index (χ1v) is 5.71. The summed E-state index contributed by atoms with van der Waals surface area (Å²) in [6.45, 7) is 3.44. The van der Waals surface area contributed by atoms with Gasteiger partial charge in [-0.05, 0) is 25.1 Å². The van der Waals surface area contributed by atoms with Gasteiger partial charge in [-0.1, -0.05) is 0 Å². The van der Waals surface area contributed by atoms with Crippen LogP contribution in [0.5, 0.6) is 0 Å². The number of hydrogen-bond acceptors (Lipinski definition) is 4. The average molecular weight is 237 g/mol. The van der Waals surface area contributed by atoms with Crippen LogP contribution < -0.4 is 0 Å². The fourth-order valence-electron chi connectivity index (χ4n) is 1.35. The molecule has 0 spiro atoms. The molecule has 0 aliphatic carbocycles. The van der Waals surface area contributed by atoms with Crippen LogP contribution in [-0.2, 0) is 4.79 Å². The van der Waals surface area contributed by atoms with Crippen molar-refractivity contribution in [2.75, 3.05) is 0 Å². The molecule has 4 nitrogen and oxygen atoms in total. The van der Waals surface area contributed by atoms with Gasteiger partial charge < -0.3 is 9.52 Å². The Hall–Kier alpha value is -1.49. The van der Waals surface area contributed by atoms with E-state index in [1.807, 2.05) is 18.2 Å². The molecule has 2 aromatic rings. The van der Waals surface area contributed by atoms with E-state index < -0.39 is 11.2 Å². The Kier molecular flexibility index (Phi) is 2.87. The molecule has 0 amide bonds. The standard InChI is InChI=1S/C11H11NO3S/c1-6(11(13)14)16-8-3-4-9-10(5-8)15-7(2)12-9/h3-6H,1-2H3,(H,13,14). The maximum Gasteiger partial charge on any atom is 0.316 e. The second-order valence-electron chi connectivity index (χ2n) is 3.46. The number of hydrogen-bond donors (Lipinski definition) is 1. The Morgan fingerprint density at radius 3 is 3.00 bits per heavy atom. The number of oxazole rings is 1. The van der Waals surface area contributed by atoms with Crippen molar-refractivity contribution in [1.29, 1.82) is 0 Å². The van der Waals surface area contributed by atoms with Gasteiger partial charge in [0.25, 0.3) is 0 Å². The van der Waals surface area contributed by atoms with Crippen LogP contribution in [0.4, 0.5) is 0 Å². The maximum absolute atomic E-state index is 10.7. The molecular weight excluding hydrogens is 226 g/mol. The van der Waals surface area contributed by atoms with E-state index in [0.29, 0.717) is 11.5 Å². The Labute approximate surface area is 96.7 Å². The lowest BCUT2D eigenvalue weighted by Crippen LogP contribution is -2.10. The molecule has 84 valence electrons. The van der Waals surface area contributed by atoms with Crippen LogP contribution in [0.2, 0.25) is 0 Å². The van der Waals surface area contributed by atoms with Crippen LogP contribution in [0.1, 0.15) is 12.8 Å². The number of aryl methyl sites for hydroxylation is 1. The monoisotopic (exact) mass is 237 g/mol. The molecule has 1 unspecified atom stereocenters. The quantitative estimate of drug-likeness (QED) is 0.831. The van der Waals surface area contributed by atoms with Crippen LogP contribution in [-0.4, -0.2) is 21.3 Å². The van der Waals surface area contributed by atoms with Crippen molar-refractivity contribution in [3.05, 3.63) is 24.1 Å². The summed E-state index contributed by atoms with van der Waals surface area (Å²) in [6.07, 6.45) is 0. The fraction of sp³-hybridized carbons (Fsp3) is 0.273. The zero-order valence-corrected chi connectivity index (χ0v) is 9.75. The van der Waals surface area contributed by atoms with Crippen molar-refractivity contribution >= 4 is 28.8 Å². The fourth-order valence-corrected chi connectivity index (χ4v) is 2.18. The van der Waals surface area contributed by atoms with Crippen LogP contribution in [0, 0.1) is 6.92 Å². The molecule has 1 aromatic heterocycles. The molecule has 0 aliphatic heterocycles. The lowest BCUT2D eigenvalue weighted by molar-refractivity contribution is -0.136. The van der Waals surface area contributed by atoms with E-state index in [1.165, 1.54) is 11.8 Å². The summed E-state index contributed by atoms with van der Waals surface area (Å²) in [7, 11) is 0. The van der Waals surface area contributed by atoms with Gasteiger partial charge in [0.05, 0.1) is 0 Å². The molecule has 1 heterocycles. The third-order valence-electron chi connectivity index (χ3n) is 2.13. The number of thioether (sulfide) groups is 1. The van der Waals surface area contributed by atoms with E-state index in [-0.39, 0.29) is 0 Å². The van der Waals surface area contributed by atoms with Gasteiger partial charge in [-0.15, -0.1) is 11.8 Å². The van der Waals surface area contributed by atoms with Gasteiger partial charge in [0.15, 0.2) is 11.5 Å². The largest absolute Gasteiger partial charge is 0.480 e. The minimum absolute atomic E-state index is 0.471. The van der Waals surface area contributed by atoms with Crippen molar-refractivity contribution in [3.8, 4) is 0 Å². The highest BCUT2D eigenvalue weighted by atomic mass is 32.2.